The monoisotopic (exact) mass is 241 g/mol. The third-order valence-corrected chi connectivity index (χ3v) is 3.98. The molecule has 2 saturated heterocycles. The van der Waals surface area contributed by atoms with Gasteiger partial charge in [-0.1, -0.05) is 6.92 Å². The van der Waals surface area contributed by atoms with Gasteiger partial charge >= 0.3 is 0 Å². The molecular formula is C13H27N3O. The van der Waals surface area contributed by atoms with Gasteiger partial charge in [0.25, 0.3) is 0 Å². The maximum atomic E-state index is 5.67. The first-order chi connectivity index (χ1) is 8.28. The molecule has 2 atom stereocenters. The molecule has 2 heterocycles. The lowest BCUT2D eigenvalue weighted by Gasteiger charge is -2.36. The lowest BCUT2D eigenvalue weighted by Crippen LogP contribution is -2.49. The minimum atomic E-state index is 0.629. The maximum Gasteiger partial charge on any atom is 0.0507 e. The smallest absolute Gasteiger partial charge is 0.0507 e. The van der Waals surface area contributed by atoms with E-state index in [4.69, 9.17) is 10.5 Å². The van der Waals surface area contributed by atoms with Crippen LogP contribution in [0.4, 0.5) is 0 Å². The normalized spacial score (nSPS) is 29.6. The molecular weight excluding hydrogens is 214 g/mol. The van der Waals surface area contributed by atoms with Gasteiger partial charge in [-0.3, -0.25) is 0 Å². The van der Waals surface area contributed by atoms with E-state index in [0.29, 0.717) is 5.92 Å². The van der Waals surface area contributed by atoms with Gasteiger partial charge in [0.15, 0.2) is 0 Å². The first kappa shape index (κ1) is 13.3. The Bertz CT molecular complexity index is 211. The van der Waals surface area contributed by atoms with Crippen LogP contribution in [0.5, 0.6) is 0 Å². The Morgan fingerprint density at radius 1 is 1.24 bits per heavy atom. The van der Waals surface area contributed by atoms with Crippen molar-refractivity contribution in [2.75, 3.05) is 59.0 Å². The van der Waals surface area contributed by atoms with Crippen LogP contribution in [0.25, 0.3) is 0 Å². The highest BCUT2D eigenvalue weighted by Gasteiger charge is 2.22. The van der Waals surface area contributed by atoms with Crippen molar-refractivity contribution in [3.63, 3.8) is 0 Å². The van der Waals surface area contributed by atoms with Gasteiger partial charge in [-0.15, -0.1) is 0 Å². The molecule has 0 bridgehead atoms. The number of nitrogens with two attached hydrogens (primary N) is 1. The van der Waals surface area contributed by atoms with Gasteiger partial charge in [0.05, 0.1) is 6.61 Å². The summed E-state index contributed by atoms with van der Waals surface area (Å²) >= 11 is 0. The summed E-state index contributed by atoms with van der Waals surface area (Å²) in [4.78, 5) is 5.15. The van der Waals surface area contributed by atoms with E-state index in [1.807, 2.05) is 0 Å². The van der Waals surface area contributed by atoms with Crippen LogP contribution in [0.15, 0.2) is 0 Å². The van der Waals surface area contributed by atoms with E-state index < -0.39 is 0 Å². The van der Waals surface area contributed by atoms with E-state index in [1.165, 1.54) is 39.1 Å². The molecule has 0 saturated carbocycles. The summed E-state index contributed by atoms with van der Waals surface area (Å²) in [7, 11) is 0. The molecule has 4 heteroatoms. The van der Waals surface area contributed by atoms with Crippen molar-refractivity contribution in [2.24, 2.45) is 17.6 Å². The highest BCUT2D eigenvalue weighted by Crippen LogP contribution is 2.15. The third kappa shape index (κ3) is 4.21. The second-order valence-electron chi connectivity index (χ2n) is 5.67. The van der Waals surface area contributed by atoms with Gasteiger partial charge in [0.2, 0.25) is 0 Å². The molecule has 0 aromatic carbocycles. The van der Waals surface area contributed by atoms with Crippen LogP contribution in [0.2, 0.25) is 0 Å². The largest absolute Gasteiger partial charge is 0.381 e. The van der Waals surface area contributed by atoms with E-state index >= 15 is 0 Å². The van der Waals surface area contributed by atoms with Crippen LogP contribution < -0.4 is 5.73 Å². The fourth-order valence-corrected chi connectivity index (χ4v) is 2.76. The van der Waals surface area contributed by atoms with E-state index in [9.17, 15) is 0 Å². The zero-order valence-electron chi connectivity index (χ0n) is 11.1. The summed E-state index contributed by atoms with van der Waals surface area (Å²) in [6.45, 7) is 12.2. The van der Waals surface area contributed by atoms with E-state index in [1.54, 1.807) is 0 Å². The quantitative estimate of drug-likeness (QED) is 0.748. The van der Waals surface area contributed by atoms with E-state index in [-0.39, 0.29) is 0 Å². The Morgan fingerprint density at radius 3 is 2.53 bits per heavy atom. The maximum absolute atomic E-state index is 5.67. The predicted octanol–water partition coefficient (Wildman–Crippen LogP) is 0.235. The number of ether oxygens (including phenoxy) is 1. The molecule has 0 amide bonds. The van der Waals surface area contributed by atoms with Crippen LogP contribution in [-0.2, 0) is 4.74 Å². The van der Waals surface area contributed by atoms with Crippen LogP contribution >= 0.6 is 0 Å². The highest BCUT2D eigenvalue weighted by molar-refractivity contribution is 4.77. The number of hydrogen-bond donors (Lipinski definition) is 1. The minimum absolute atomic E-state index is 0.629. The molecule has 0 spiro atoms. The van der Waals surface area contributed by atoms with Crippen molar-refractivity contribution in [3.8, 4) is 0 Å². The van der Waals surface area contributed by atoms with Gasteiger partial charge < -0.3 is 20.3 Å². The lowest BCUT2D eigenvalue weighted by atomic mass is 10.1. The number of hydrogen-bond acceptors (Lipinski definition) is 4. The molecule has 0 aliphatic carbocycles. The Morgan fingerprint density at radius 2 is 1.94 bits per heavy atom. The molecule has 2 fully saturated rings. The van der Waals surface area contributed by atoms with Gasteiger partial charge in [-0.25, -0.2) is 0 Å². The Labute approximate surface area is 105 Å². The van der Waals surface area contributed by atoms with Crippen molar-refractivity contribution >= 4 is 0 Å². The minimum Gasteiger partial charge on any atom is -0.381 e. The van der Waals surface area contributed by atoms with Gasteiger partial charge in [-0.2, -0.15) is 0 Å². The summed E-state index contributed by atoms with van der Waals surface area (Å²) in [6, 6.07) is 0. The van der Waals surface area contributed by atoms with Crippen molar-refractivity contribution in [2.45, 2.75) is 13.3 Å². The van der Waals surface area contributed by atoms with Crippen LogP contribution in [0.3, 0.4) is 0 Å². The van der Waals surface area contributed by atoms with Crippen molar-refractivity contribution in [3.05, 3.63) is 0 Å². The van der Waals surface area contributed by atoms with Crippen LogP contribution in [0.1, 0.15) is 13.3 Å². The molecule has 100 valence electrons. The molecule has 2 unspecified atom stereocenters. The topological polar surface area (TPSA) is 41.7 Å². The van der Waals surface area contributed by atoms with Gasteiger partial charge in [0, 0.05) is 45.9 Å². The van der Waals surface area contributed by atoms with Crippen LogP contribution in [0, 0.1) is 11.8 Å². The summed E-state index contributed by atoms with van der Waals surface area (Å²) in [5, 5.41) is 0. The molecule has 2 aliphatic rings. The Balaban J connectivity index is 1.63. The predicted molar refractivity (Wildman–Crippen MR) is 70.0 cm³/mol. The van der Waals surface area contributed by atoms with Crippen LogP contribution in [-0.4, -0.2) is 68.8 Å². The summed E-state index contributed by atoms with van der Waals surface area (Å²) in [5.41, 5.74) is 5.67. The first-order valence-corrected chi connectivity index (χ1v) is 7.00. The molecule has 2 aliphatic heterocycles. The summed E-state index contributed by atoms with van der Waals surface area (Å²) in [6.07, 6.45) is 1.25. The van der Waals surface area contributed by atoms with Crippen molar-refractivity contribution in [1.82, 2.24) is 9.80 Å². The van der Waals surface area contributed by atoms with Crippen molar-refractivity contribution in [1.29, 1.82) is 0 Å². The SMILES string of the molecule is CC(CN)CN1CCN(CC2CCOC2)CC1. The fourth-order valence-electron chi connectivity index (χ4n) is 2.76. The molecule has 2 N–H and O–H groups in total. The fraction of sp³-hybridized carbons (Fsp3) is 1.00. The molecule has 4 nitrogen and oxygen atoms in total. The lowest BCUT2D eigenvalue weighted by molar-refractivity contribution is 0.103. The Hall–Kier alpha value is -0.160. The molecule has 17 heavy (non-hydrogen) atoms. The third-order valence-electron chi connectivity index (χ3n) is 3.98. The highest BCUT2D eigenvalue weighted by atomic mass is 16.5. The average Bonchev–Trinajstić information content (AvgIpc) is 2.84. The average molecular weight is 241 g/mol. The van der Waals surface area contributed by atoms with Gasteiger partial charge in [0.1, 0.15) is 0 Å². The van der Waals surface area contributed by atoms with E-state index in [2.05, 4.69) is 16.7 Å². The summed E-state index contributed by atoms with van der Waals surface area (Å²) in [5.74, 6) is 1.41. The van der Waals surface area contributed by atoms with Gasteiger partial charge in [-0.05, 0) is 24.8 Å². The second kappa shape index (κ2) is 6.69. The molecule has 0 aromatic rings. The summed E-state index contributed by atoms with van der Waals surface area (Å²) < 4.78 is 5.44. The zero-order chi connectivity index (χ0) is 12.1. The number of rotatable bonds is 5. The zero-order valence-corrected chi connectivity index (χ0v) is 11.1. The molecule has 2 rings (SSSR count). The number of nitrogens with zero attached hydrogens (tertiary/aromatic N) is 2. The molecule has 0 radical (unpaired) electrons. The standard InChI is InChI=1S/C13H27N3O/c1-12(8-14)9-15-3-5-16(6-4-15)10-13-2-7-17-11-13/h12-13H,2-11,14H2,1H3. The molecule has 0 aromatic heterocycles. The second-order valence-corrected chi connectivity index (χ2v) is 5.67. The number of piperazine rings is 1. The van der Waals surface area contributed by atoms with Crippen molar-refractivity contribution < 1.29 is 4.74 Å². The Kier molecular flexibility index (Phi) is 5.22. The van der Waals surface area contributed by atoms with E-state index in [0.717, 1.165) is 32.2 Å². The first-order valence-electron chi connectivity index (χ1n) is 7.00.